The lowest BCUT2D eigenvalue weighted by molar-refractivity contribution is -0.385. The van der Waals surface area contributed by atoms with E-state index in [0.717, 1.165) is 12.1 Å². The second-order valence-corrected chi connectivity index (χ2v) is 10.4. The van der Waals surface area contributed by atoms with Crippen molar-refractivity contribution in [3.63, 3.8) is 0 Å². The van der Waals surface area contributed by atoms with Gasteiger partial charge in [0.05, 0.1) is 10.6 Å². The first-order valence-corrected chi connectivity index (χ1v) is 13.0. The predicted octanol–water partition coefficient (Wildman–Crippen LogP) is 4.24. The van der Waals surface area contributed by atoms with Gasteiger partial charge in [0.25, 0.3) is 11.6 Å². The third kappa shape index (κ3) is 6.30. The number of nitrogens with one attached hydrogen (secondary N) is 2. The zero-order chi connectivity index (χ0) is 27.5. The molecule has 0 aliphatic carbocycles. The fraction of sp³-hybridized carbons (Fsp3) is 0.333. The van der Waals surface area contributed by atoms with Crippen LogP contribution in [-0.2, 0) is 10.0 Å². The molecule has 1 heterocycles. The molecule has 0 fully saturated rings. The molecule has 0 radical (unpaired) electrons. The Morgan fingerprint density at radius 3 is 2.41 bits per heavy atom. The monoisotopic (exact) mass is 533 g/mol. The van der Waals surface area contributed by atoms with Crippen LogP contribution in [0.15, 0.2) is 47.4 Å². The molecule has 1 atom stereocenters. The molecule has 1 amide bonds. The summed E-state index contributed by atoms with van der Waals surface area (Å²) in [6.45, 7) is 8.56. The second kappa shape index (κ2) is 11.0. The van der Waals surface area contributed by atoms with Crippen molar-refractivity contribution in [1.29, 1.82) is 0 Å². The molecule has 3 aromatic rings. The summed E-state index contributed by atoms with van der Waals surface area (Å²) in [4.78, 5) is 23.0. The summed E-state index contributed by atoms with van der Waals surface area (Å²) in [6.07, 6.45) is 0.481. The Labute approximate surface area is 213 Å². The summed E-state index contributed by atoms with van der Waals surface area (Å²) in [5.74, 6) is -1.22. The number of halogens is 1. The van der Waals surface area contributed by atoms with E-state index in [2.05, 4.69) is 15.1 Å². The zero-order valence-corrected chi connectivity index (χ0v) is 21.8. The summed E-state index contributed by atoms with van der Waals surface area (Å²) in [5, 5.41) is 18.5. The highest BCUT2D eigenvalue weighted by Crippen LogP contribution is 2.35. The molecule has 198 valence electrons. The van der Waals surface area contributed by atoms with Gasteiger partial charge in [0, 0.05) is 29.8 Å². The molecule has 2 N–H and O–H groups in total. The van der Waals surface area contributed by atoms with E-state index in [-0.39, 0.29) is 28.9 Å². The predicted molar refractivity (Wildman–Crippen MR) is 134 cm³/mol. The van der Waals surface area contributed by atoms with Crippen molar-refractivity contribution < 1.29 is 27.3 Å². The van der Waals surface area contributed by atoms with Crippen molar-refractivity contribution in [3.05, 3.63) is 69.7 Å². The fourth-order valence-electron chi connectivity index (χ4n) is 3.32. The maximum Gasteiger partial charge on any atom is 0.272 e. The molecule has 13 heteroatoms. The van der Waals surface area contributed by atoms with Crippen LogP contribution in [0.1, 0.15) is 50.2 Å². The third-order valence-corrected chi connectivity index (χ3v) is 6.99. The van der Waals surface area contributed by atoms with Crippen molar-refractivity contribution in [2.45, 2.75) is 58.0 Å². The molecule has 37 heavy (non-hydrogen) atoms. The fourth-order valence-corrected chi connectivity index (χ4v) is 4.80. The van der Waals surface area contributed by atoms with Gasteiger partial charge in [-0.2, -0.15) is 9.78 Å². The van der Waals surface area contributed by atoms with E-state index in [1.807, 2.05) is 0 Å². The van der Waals surface area contributed by atoms with Crippen LogP contribution < -0.4 is 14.8 Å². The molecule has 0 spiro atoms. The Balaban J connectivity index is 2.20. The first-order chi connectivity index (χ1) is 17.3. The minimum Gasteiger partial charge on any atom is -0.437 e. The van der Waals surface area contributed by atoms with Crippen molar-refractivity contribution in [2.75, 3.05) is 0 Å². The van der Waals surface area contributed by atoms with E-state index in [0.29, 0.717) is 12.1 Å². The molecule has 0 unspecified atom stereocenters. The number of hydrogen-bond acceptors (Lipinski definition) is 7. The van der Waals surface area contributed by atoms with Gasteiger partial charge in [0.1, 0.15) is 16.5 Å². The number of sulfonamides is 1. The van der Waals surface area contributed by atoms with Crippen LogP contribution in [0.2, 0.25) is 0 Å². The number of rotatable bonds is 10. The van der Waals surface area contributed by atoms with Gasteiger partial charge in [-0.1, -0.05) is 6.92 Å². The minimum absolute atomic E-state index is 0.0112. The second-order valence-electron chi connectivity index (χ2n) is 8.72. The average Bonchev–Trinajstić information content (AvgIpc) is 3.14. The molecule has 0 saturated heterocycles. The van der Waals surface area contributed by atoms with Crippen molar-refractivity contribution in [2.24, 2.45) is 0 Å². The van der Waals surface area contributed by atoms with E-state index in [1.165, 1.54) is 35.0 Å². The van der Waals surface area contributed by atoms with Crippen LogP contribution >= 0.6 is 0 Å². The van der Waals surface area contributed by atoms with Gasteiger partial charge in [-0.25, -0.2) is 17.5 Å². The van der Waals surface area contributed by atoms with Crippen LogP contribution in [0.4, 0.5) is 10.1 Å². The molecule has 3 rings (SSSR count). The van der Waals surface area contributed by atoms with Gasteiger partial charge in [-0.15, -0.1) is 0 Å². The zero-order valence-electron chi connectivity index (χ0n) is 21.0. The molecular weight excluding hydrogens is 505 g/mol. The number of nitro groups is 1. The van der Waals surface area contributed by atoms with Gasteiger partial charge in [0.2, 0.25) is 15.9 Å². The number of benzene rings is 2. The van der Waals surface area contributed by atoms with Gasteiger partial charge in [0.15, 0.2) is 5.69 Å². The smallest absolute Gasteiger partial charge is 0.272 e. The Hall–Kier alpha value is -3.84. The maximum absolute atomic E-state index is 13.6. The van der Waals surface area contributed by atoms with E-state index in [1.54, 1.807) is 34.6 Å². The highest BCUT2D eigenvalue weighted by molar-refractivity contribution is 7.89. The Morgan fingerprint density at radius 2 is 1.84 bits per heavy atom. The van der Waals surface area contributed by atoms with Crippen LogP contribution in [0.3, 0.4) is 0 Å². The standard InChI is InChI=1S/C24H28FN5O6S/c1-6-15(4)28-37(34,35)21-13-19(30(32)33)11-12-20(21)36-24-16(5)22(23(31)26-14(2)3)27-29(24)18-9-7-17(25)8-10-18/h7-15,28H,6H2,1-5H3,(H,26,31)/t15-/m0/s1. The Kier molecular flexibility index (Phi) is 8.28. The van der Waals surface area contributed by atoms with Crippen molar-refractivity contribution in [1.82, 2.24) is 19.8 Å². The lowest BCUT2D eigenvalue weighted by atomic mass is 10.2. The number of ether oxygens (including phenoxy) is 1. The molecule has 1 aromatic heterocycles. The molecule has 2 aromatic carbocycles. The molecule has 11 nitrogen and oxygen atoms in total. The topological polar surface area (TPSA) is 145 Å². The van der Waals surface area contributed by atoms with Crippen LogP contribution in [-0.4, -0.2) is 41.1 Å². The number of amides is 1. The first-order valence-electron chi connectivity index (χ1n) is 11.5. The average molecular weight is 534 g/mol. The summed E-state index contributed by atoms with van der Waals surface area (Å²) >= 11 is 0. The van der Waals surface area contributed by atoms with Crippen molar-refractivity contribution >= 4 is 21.6 Å². The van der Waals surface area contributed by atoms with Gasteiger partial charge >= 0.3 is 0 Å². The number of nitro benzene ring substituents is 1. The van der Waals surface area contributed by atoms with Crippen LogP contribution in [0.25, 0.3) is 5.69 Å². The van der Waals surface area contributed by atoms with E-state index in [4.69, 9.17) is 4.74 Å². The van der Waals surface area contributed by atoms with Crippen LogP contribution in [0, 0.1) is 22.9 Å². The minimum atomic E-state index is -4.24. The highest BCUT2D eigenvalue weighted by Gasteiger charge is 2.28. The summed E-state index contributed by atoms with van der Waals surface area (Å²) in [6, 6.07) is 7.76. The molecule has 0 aliphatic rings. The van der Waals surface area contributed by atoms with E-state index < -0.39 is 43.3 Å². The van der Waals surface area contributed by atoms with E-state index >= 15 is 0 Å². The quantitative estimate of drug-likeness (QED) is 0.293. The van der Waals surface area contributed by atoms with Gasteiger partial charge in [-0.05, 0) is 64.4 Å². The first kappa shape index (κ1) is 27.7. The maximum atomic E-state index is 13.6. The number of carbonyl (C=O) groups excluding carboxylic acids is 1. The molecule has 0 saturated carbocycles. The van der Waals surface area contributed by atoms with Gasteiger partial charge < -0.3 is 10.1 Å². The van der Waals surface area contributed by atoms with Gasteiger partial charge in [-0.3, -0.25) is 14.9 Å². The molecule has 0 bridgehead atoms. The number of nitrogens with zero attached hydrogens (tertiary/aromatic N) is 3. The normalized spacial score (nSPS) is 12.4. The third-order valence-electron chi connectivity index (χ3n) is 5.38. The summed E-state index contributed by atoms with van der Waals surface area (Å²) < 4.78 is 49.6. The molecular formula is C24H28FN5O6S. The number of non-ortho nitro benzene ring substituents is 1. The SMILES string of the molecule is CC[C@H](C)NS(=O)(=O)c1cc([N+](=O)[O-])ccc1Oc1c(C)c(C(=O)NC(C)C)nn1-c1ccc(F)cc1. The largest absolute Gasteiger partial charge is 0.437 e. The highest BCUT2D eigenvalue weighted by atomic mass is 32.2. The van der Waals surface area contributed by atoms with E-state index in [9.17, 15) is 27.7 Å². The Bertz CT molecular complexity index is 1420. The lowest BCUT2D eigenvalue weighted by Gasteiger charge is -2.16. The van der Waals surface area contributed by atoms with Crippen molar-refractivity contribution in [3.8, 4) is 17.3 Å². The number of carbonyl (C=O) groups is 1. The summed E-state index contributed by atoms with van der Waals surface area (Å²) in [7, 11) is -4.24. The van der Waals surface area contributed by atoms with Crippen LogP contribution in [0.5, 0.6) is 11.6 Å². The lowest BCUT2D eigenvalue weighted by Crippen LogP contribution is -2.32. The number of hydrogen-bond donors (Lipinski definition) is 2. The molecule has 0 aliphatic heterocycles. The number of aromatic nitrogens is 2. The summed E-state index contributed by atoms with van der Waals surface area (Å²) in [5.41, 5.74) is 0.181. The Morgan fingerprint density at radius 1 is 1.19 bits per heavy atom.